The van der Waals surface area contributed by atoms with Crippen LogP contribution in [0.25, 0.3) is 0 Å². The summed E-state index contributed by atoms with van der Waals surface area (Å²) >= 11 is 0. The highest BCUT2D eigenvalue weighted by atomic mass is 32.2. The smallest absolute Gasteiger partial charge is 0.323 e. The van der Waals surface area contributed by atoms with E-state index in [0.29, 0.717) is 5.56 Å². The number of carbonyl (C=O) groups excluding carboxylic acids is 2. The van der Waals surface area contributed by atoms with E-state index in [0.717, 1.165) is 6.26 Å². The molecular weight excluding hydrogens is 296 g/mol. The van der Waals surface area contributed by atoms with Crippen LogP contribution in [0, 0.1) is 5.92 Å². The van der Waals surface area contributed by atoms with Crippen molar-refractivity contribution in [3.8, 4) is 0 Å². The van der Waals surface area contributed by atoms with E-state index in [1.54, 1.807) is 12.1 Å². The van der Waals surface area contributed by atoms with Crippen molar-refractivity contribution in [1.82, 2.24) is 0 Å². The summed E-state index contributed by atoms with van der Waals surface area (Å²) in [6.45, 7) is 2.97. The Kier molecular flexibility index (Phi) is 3.79. The van der Waals surface area contributed by atoms with Gasteiger partial charge in [0.2, 0.25) is 0 Å². The van der Waals surface area contributed by atoms with E-state index in [9.17, 15) is 18.0 Å². The van der Waals surface area contributed by atoms with Crippen molar-refractivity contribution in [2.75, 3.05) is 6.26 Å². The fourth-order valence-electron chi connectivity index (χ4n) is 2.02. The van der Waals surface area contributed by atoms with Gasteiger partial charge in [-0.25, -0.2) is 8.42 Å². The molecule has 1 heterocycles. The molecule has 6 nitrogen and oxygen atoms in total. The lowest BCUT2D eigenvalue weighted by Crippen LogP contribution is -2.46. The van der Waals surface area contributed by atoms with Gasteiger partial charge in [-0.1, -0.05) is 12.1 Å². The molecule has 1 aromatic carbocycles. The summed E-state index contributed by atoms with van der Waals surface area (Å²) in [5, 5.41) is 0. The number of ether oxygens (including phenoxy) is 2. The molecule has 7 heteroatoms. The van der Waals surface area contributed by atoms with Gasteiger partial charge in [0.15, 0.2) is 15.8 Å². The summed E-state index contributed by atoms with van der Waals surface area (Å²) in [4.78, 5) is 23.8. The number of cyclic esters (lactones) is 2. The third kappa shape index (κ3) is 3.60. The lowest BCUT2D eigenvalue weighted by atomic mass is 9.98. The minimum atomic E-state index is -3.27. The van der Waals surface area contributed by atoms with Crippen LogP contribution in [-0.2, 0) is 35.3 Å². The second kappa shape index (κ2) is 5.14. The number of carbonyl (C=O) groups is 2. The van der Waals surface area contributed by atoms with Crippen molar-refractivity contribution in [3.05, 3.63) is 29.8 Å². The van der Waals surface area contributed by atoms with Gasteiger partial charge < -0.3 is 9.47 Å². The molecule has 0 amide bonds. The van der Waals surface area contributed by atoms with Crippen LogP contribution < -0.4 is 0 Å². The molecule has 0 aromatic heterocycles. The standard InChI is InChI=1S/C14H16O6S/c1-14(2)19-12(15)11(13(16)20-14)8-9-4-6-10(7-5-9)21(3,17)18/h4-7,11H,8H2,1-3H3. The molecule has 0 atom stereocenters. The zero-order chi connectivity index (χ0) is 15.8. The molecule has 1 aliphatic heterocycles. The lowest BCUT2D eigenvalue weighted by Gasteiger charge is -2.32. The molecule has 0 saturated carbocycles. The molecule has 1 saturated heterocycles. The summed E-state index contributed by atoms with van der Waals surface area (Å²) < 4.78 is 32.8. The van der Waals surface area contributed by atoms with E-state index in [4.69, 9.17) is 9.47 Å². The number of hydrogen-bond acceptors (Lipinski definition) is 6. The van der Waals surface area contributed by atoms with Crippen LogP contribution in [0.1, 0.15) is 19.4 Å². The Morgan fingerprint density at radius 1 is 1.05 bits per heavy atom. The predicted molar refractivity (Wildman–Crippen MR) is 73.0 cm³/mol. The second-order valence-electron chi connectivity index (χ2n) is 5.41. The van der Waals surface area contributed by atoms with E-state index >= 15 is 0 Å². The first-order chi connectivity index (χ1) is 9.58. The normalized spacial score (nSPS) is 19.0. The third-order valence-corrected chi connectivity index (χ3v) is 4.18. The molecule has 21 heavy (non-hydrogen) atoms. The Morgan fingerprint density at radius 3 is 1.95 bits per heavy atom. The van der Waals surface area contributed by atoms with Gasteiger partial charge in [-0.15, -0.1) is 0 Å². The highest BCUT2D eigenvalue weighted by Gasteiger charge is 2.43. The Hall–Kier alpha value is -1.89. The van der Waals surface area contributed by atoms with Crippen LogP contribution in [0.5, 0.6) is 0 Å². The Balaban J connectivity index is 2.15. The van der Waals surface area contributed by atoms with Crippen LogP contribution in [0.4, 0.5) is 0 Å². The van der Waals surface area contributed by atoms with E-state index in [2.05, 4.69) is 0 Å². The monoisotopic (exact) mass is 312 g/mol. The van der Waals surface area contributed by atoms with Gasteiger partial charge in [-0.3, -0.25) is 9.59 Å². The number of esters is 2. The van der Waals surface area contributed by atoms with Crippen molar-refractivity contribution < 1.29 is 27.5 Å². The molecule has 0 unspecified atom stereocenters. The molecule has 2 rings (SSSR count). The average molecular weight is 312 g/mol. The van der Waals surface area contributed by atoms with Crippen molar-refractivity contribution in [2.45, 2.75) is 31.0 Å². The summed E-state index contributed by atoms with van der Waals surface area (Å²) in [6.07, 6.45) is 1.22. The third-order valence-electron chi connectivity index (χ3n) is 3.05. The summed E-state index contributed by atoms with van der Waals surface area (Å²) in [5.74, 6) is -3.54. The first-order valence-electron chi connectivity index (χ1n) is 6.33. The number of sulfone groups is 1. The molecule has 0 aliphatic carbocycles. The van der Waals surface area contributed by atoms with Crippen LogP contribution in [0.15, 0.2) is 29.2 Å². The van der Waals surface area contributed by atoms with Crippen molar-refractivity contribution in [1.29, 1.82) is 0 Å². The van der Waals surface area contributed by atoms with Gasteiger partial charge in [-0.2, -0.15) is 0 Å². The summed E-state index contributed by atoms with van der Waals surface area (Å²) in [5.41, 5.74) is 0.654. The summed E-state index contributed by atoms with van der Waals surface area (Å²) in [6, 6.07) is 6.01. The fraction of sp³-hybridized carbons (Fsp3) is 0.429. The van der Waals surface area contributed by atoms with Crippen LogP contribution in [0.3, 0.4) is 0 Å². The van der Waals surface area contributed by atoms with Gasteiger partial charge in [0.05, 0.1) is 4.90 Å². The van der Waals surface area contributed by atoms with E-state index in [-0.39, 0.29) is 11.3 Å². The van der Waals surface area contributed by atoms with Gasteiger partial charge in [0.1, 0.15) is 0 Å². The predicted octanol–water partition coefficient (Wildman–Crippen LogP) is 1.08. The van der Waals surface area contributed by atoms with Crippen molar-refractivity contribution in [2.24, 2.45) is 5.92 Å². The molecule has 0 spiro atoms. The van der Waals surface area contributed by atoms with Crippen molar-refractivity contribution in [3.63, 3.8) is 0 Å². The fourth-order valence-corrected chi connectivity index (χ4v) is 2.65. The highest BCUT2D eigenvalue weighted by molar-refractivity contribution is 7.90. The molecule has 114 valence electrons. The minimum absolute atomic E-state index is 0.109. The number of hydrogen-bond donors (Lipinski definition) is 0. The molecule has 0 N–H and O–H groups in total. The SMILES string of the molecule is CC1(C)OC(=O)C(Cc2ccc(S(C)(=O)=O)cc2)C(=O)O1. The Bertz CT molecular complexity index is 652. The van der Waals surface area contributed by atoms with Gasteiger partial charge >= 0.3 is 11.9 Å². The first kappa shape index (κ1) is 15.5. The number of rotatable bonds is 3. The average Bonchev–Trinajstić information content (AvgIpc) is 2.32. The Labute approximate surface area is 123 Å². The molecule has 1 aromatic rings. The van der Waals surface area contributed by atoms with Crippen LogP contribution in [0.2, 0.25) is 0 Å². The molecule has 1 fully saturated rings. The lowest BCUT2D eigenvalue weighted by molar-refractivity contribution is -0.239. The molecular formula is C14H16O6S. The van der Waals surface area contributed by atoms with Crippen LogP contribution >= 0.6 is 0 Å². The first-order valence-corrected chi connectivity index (χ1v) is 8.22. The molecule has 0 radical (unpaired) electrons. The zero-order valence-electron chi connectivity index (χ0n) is 12.0. The van der Waals surface area contributed by atoms with E-state index in [1.807, 2.05) is 0 Å². The second-order valence-corrected chi connectivity index (χ2v) is 7.43. The van der Waals surface area contributed by atoms with Crippen LogP contribution in [-0.4, -0.2) is 32.4 Å². The largest absolute Gasteiger partial charge is 0.422 e. The quantitative estimate of drug-likeness (QED) is 0.613. The van der Waals surface area contributed by atoms with E-state index in [1.165, 1.54) is 26.0 Å². The zero-order valence-corrected chi connectivity index (χ0v) is 12.8. The van der Waals surface area contributed by atoms with E-state index < -0.39 is 33.5 Å². The molecule has 1 aliphatic rings. The topological polar surface area (TPSA) is 86.7 Å². The number of benzene rings is 1. The minimum Gasteiger partial charge on any atom is -0.422 e. The van der Waals surface area contributed by atoms with Gasteiger partial charge in [0, 0.05) is 20.1 Å². The maximum Gasteiger partial charge on any atom is 0.323 e. The molecule has 0 bridgehead atoms. The highest BCUT2D eigenvalue weighted by Crippen LogP contribution is 2.25. The maximum absolute atomic E-state index is 11.8. The summed E-state index contributed by atoms with van der Waals surface area (Å²) in [7, 11) is -3.27. The van der Waals surface area contributed by atoms with Gasteiger partial charge in [0.25, 0.3) is 5.79 Å². The van der Waals surface area contributed by atoms with Gasteiger partial charge in [-0.05, 0) is 24.1 Å². The van der Waals surface area contributed by atoms with Crippen molar-refractivity contribution >= 4 is 21.8 Å². The Morgan fingerprint density at radius 2 is 1.52 bits per heavy atom. The maximum atomic E-state index is 11.8.